The van der Waals surface area contributed by atoms with Crippen molar-refractivity contribution in [1.82, 2.24) is 0 Å². The standard InChI is InChI=1S/C36H42O9/c1-7-37-8-2-14-41-32-20-26-25(19-31(32)40-13-1)27-21-33-35(44-17-5-11-38-9-3-15-42-33)23-29(27)30-24-36-34(22-28(26)30)43-16-4-10-39-12-6-18-45-36/h19-24H,1-18H2. The third-order valence-electron chi connectivity index (χ3n) is 8.27. The number of ether oxygens (including phenoxy) is 9. The lowest BCUT2D eigenvalue weighted by atomic mass is 9.93. The van der Waals surface area contributed by atoms with Crippen molar-refractivity contribution < 1.29 is 42.6 Å². The van der Waals surface area contributed by atoms with Gasteiger partial charge < -0.3 is 42.6 Å². The van der Waals surface area contributed by atoms with Crippen molar-refractivity contribution in [2.24, 2.45) is 0 Å². The van der Waals surface area contributed by atoms with Crippen molar-refractivity contribution in [3.63, 3.8) is 0 Å². The van der Waals surface area contributed by atoms with Gasteiger partial charge in [0.05, 0.1) is 39.6 Å². The second kappa shape index (κ2) is 14.6. The topological polar surface area (TPSA) is 83.1 Å². The van der Waals surface area contributed by atoms with E-state index in [0.29, 0.717) is 79.3 Å². The summed E-state index contributed by atoms with van der Waals surface area (Å²) in [6, 6.07) is 12.7. The highest BCUT2D eigenvalue weighted by Gasteiger charge is 2.21. The van der Waals surface area contributed by atoms with Crippen LogP contribution in [0.3, 0.4) is 0 Å². The van der Waals surface area contributed by atoms with Gasteiger partial charge in [-0.1, -0.05) is 0 Å². The fourth-order valence-electron chi connectivity index (χ4n) is 6.06. The molecule has 240 valence electrons. The lowest BCUT2D eigenvalue weighted by Gasteiger charge is -2.20. The van der Waals surface area contributed by atoms with E-state index < -0.39 is 0 Å². The first kappa shape index (κ1) is 30.0. The molecule has 3 heterocycles. The molecule has 9 heteroatoms. The number of fused-ring (bicyclic) bond motifs is 9. The number of benzene rings is 4. The molecule has 0 aromatic heterocycles. The molecule has 0 spiro atoms. The van der Waals surface area contributed by atoms with Crippen molar-refractivity contribution in [1.29, 1.82) is 0 Å². The fraction of sp³-hybridized carbons (Fsp3) is 0.500. The van der Waals surface area contributed by atoms with Gasteiger partial charge in [0.25, 0.3) is 0 Å². The average molecular weight is 619 g/mol. The summed E-state index contributed by atoms with van der Waals surface area (Å²) in [6.45, 7) is 7.30. The highest BCUT2D eigenvalue weighted by Crippen LogP contribution is 2.47. The lowest BCUT2D eigenvalue weighted by molar-refractivity contribution is 0.112. The Kier molecular flexibility index (Phi) is 9.75. The monoisotopic (exact) mass is 618 g/mol. The van der Waals surface area contributed by atoms with Crippen LogP contribution in [0, 0.1) is 0 Å². The normalized spacial score (nSPS) is 19.2. The van der Waals surface area contributed by atoms with Crippen LogP contribution in [-0.4, -0.2) is 79.3 Å². The maximum absolute atomic E-state index is 6.31. The van der Waals surface area contributed by atoms with Gasteiger partial charge in [-0.2, -0.15) is 0 Å². The molecule has 0 bridgehead atoms. The van der Waals surface area contributed by atoms with E-state index in [0.717, 1.165) is 105 Å². The van der Waals surface area contributed by atoms with Gasteiger partial charge in [-0.3, -0.25) is 0 Å². The van der Waals surface area contributed by atoms with E-state index in [1.807, 2.05) is 0 Å². The fourth-order valence-corrected chi connectivity index (χ4v) is 6.06. The van der Waals surface area contributed by atoms with E-state index in [9.17, 15) is 0 Å². The van der Waals surface area contributed by atoms with Crippen LogP contribution in [0.2, 0.25) is 0 Å². The largest absolute Gasteiger partial charge is 0.490 e. The van der Waals surface area contributed by atoms with Crippen LogP contribution in [0.4, 0.5) is 0 Å². The van der Waals surface area contributed by atoms with Gasteiger partial charge in [0.15, 0.2) is 34.5 Å². The third-order valence-corrected chi connectivity index (χ3v) is 8.27. The molecular formula is C36H42O9. The Morgan fingerprint density at radius 2 is 0.422 bits per heavy atom. The number of rotatable bonds is 0. The Morgan fingerprint density at radius 3 is 0.600 bits per heavy atom. The Balaban J connectivity index is 1.46. The molecule has 0 aliphatic carbocycles. The molecular weight excluding hydrogens is 576 g/mol. The molecule has 4 aromatic rings. The molecule has 0 amide bonds. The number of hydrogen-bond acceptors (Lipinski definition) is 9. The highest BCUT2D eigenvalue weighted by atomic mass is 16.5. The minimum absolute atomic E-state index is 0.546. The maximum Gasteiger partial charge on any atom is 0.161 e. The summed E-state index contributed by atoms with van der Waals surface area (Å²) in [6.07, 6.45) is 4.87. The minimum atomic E-state index is 0.546. The lowest BCUT2D eigenvalue weighted by Crippen LogP contribution is -2.04. The second-order valence-corrected chi connectivity index (χ2v) is 11.6. The van der Waals surface area contributed by atoms with Crippen molar-refractivity contribution >= 4 is 32.3 Å². The highest BCUT2D eigenvalue weighted by molar-refractivity contribution is 6.26. The van der Waals surface area contributed by atoms with Crippen LogP contribution >= 0.6 is 0 Å². The van der Waals surface area contributed by atoms with Crippen molar-refractivity contribution in [2.45, 2.75) is 38.5 Å². The molecule has 0 atom stereocenters. The maximum atomic E-state index is 6.31. The van der Waals surface area contributed by atoms with Gasteiger partial charge in [0.1, 0.15) is 0 Å². The third kappa shape index (κ3) is 6.95. The summed E-state index contributed by atoms with van der Waals surface area (Å²) >= 11 is 0. The summed E-state index contributed by atoms with van der Waals surface area (Å²) < 4.78 is 55.0. The van der Waals surface area contributed by atoms with Crippen LogP contribution in [0.25, 0.3) is 32.3 Å². The Hall–Kier alpha value is -3.66. The zero-order chi connectivity index (χ0) is 30.3. The Bertz CT molecular complexity index is 1280. The van der Waals surface area contributed by atoms with Gasteiger partial charge in [-0.25, -0.2) is 0 Å². The zero-order valence-corrected chi connectivity index (χ0v) is 25.9. The molecule has 0 unspecified atom stereocenters. The van der Waals surface area contributed by atoms with Crippen molar-refractivity contribution in [2.75, 3.05) is 79.3 Å². The van der Waals surface area contributed by atoms with Gasteiger partial charge >= 0.3 is 0 Å². The second-order valence-electron chi connectivity index (χ2n) is 11.6. The first-order valence-corrected chi connectivity index (χ1v) is 16.4. The minimum Gasteiger partial charge on any atom is -0.490 e. The molecule has 0 N–H and O–H groups in total. The van der Waals surface area contributed by atoms with Gasteiger partial charge in [-0.15, -0.1) is 0 Å². The Morgan fingerprint density at radius 1 is 0.244 bits per heavy atom. The van der Waals surface area contributed by atoms with Crippen LogP contribution < -0.4 is 28.4 Å². The van der Waals surface area contributed by atoms with Crippen molar-refractivity contribution in [3.8, 4) is 34.5 Å². The van der Waals surface area contributed by atoms with E-state index in [1.54, 1.807) is 0 Å². The molecule has 4 aromatic carbocycles. The molecule has 7 rings (SSSR count). The molecule has 0 radical (unpaired) electrons. The molecule has 0 saturated heterocycles. The molecule has 3 aliphatic rings. The predicted molar refractivity (Wildman–Crippen MR) is 172 cm³/mol. The smallest absolute Gasteiger partial charge is 0.161 e. The predicted octanol–water partition coefficient (Wildman–Crippen LogP) is 6.85. The van der Waals surface area contributed by atoms with E-state index in [2.05, 4.69) is 36.4 Å². The van der Waals surface area contributed by atoms with Crippen LogP contribution in [0.15, 0.2) is 36.4 Å². The van der Waals surface area contributed by atoms with E-state index >= 15 is 0 Å². The molecule has 9 nitrogen and oxygen atoms in total. The number of hydrogen-bond donors (Lipinski definition) is 0. The average Bonchev–Trinajstić information content (AvgIpc) is 3.18. The SMILES string of the molecule is c1c2c(cc3c1c1cc4c(cc1c1cc5c(cc31)OCCCOCCCO5)OCCCOCCCO4)OCCCOCCCO2. The van der Waals surface area contributed by atoms with E-state index in [1.165, 1.54) is 0 Å². The molecule has 0 fully saturated rings. The van der Waals surface area contributed by atoms with E-state index in [4.69, 9.17) is 42.6 Å². The quantitative estimate of drug-likeness (QED) is 0.197. The van der Waals surface area contributed by atoms with Crippen LogP contribution in [0.5, 0.6) is 34.5 Å². The summed E-state index contributed by atoms with van der Waals surface area (Å²) in [4.78, 5) is 0. The van der Waals surface area contributed by atoms with Gasteiger partial charge in [0, 0.05) is 78.2 Å². The summed E-state index contributed by atoms with van der Waals surface area (Å²) in [5.74, 6) is 4.37. The van der Waals surface area contributed by atoms with E-state index in [-0.39, 0.29) is 0 Å². The summed E-state index contributed by atoms with van der Waals surface area (Å²) in [7, 11) is 0. The molecule has 45 heavy (non-hydrogen) atoms. The Labute approximate surface area is 263 Å². The van der Waals surface area contributed by atoms with Gasteiger partial charge in [-0.05, 0) is 68.7 Å². The molecule has 3 aliphatic heterocycles. The molecule has 0 saturated carbocycles. The van der Waals surface area contributed by atoms with Crippen molar-refractivity contribution in [3.05, 3.63) is 36.4 Å². The van der Waals surface area contributed by atoms with Crippen LogP contribution in [-0.2, 0) is 14.2 Å². The zero-order valence-electron chi connectivity index (χ0n) is 25.9. The van der Waals surface area contributed by atoms with Gasteiger partial charge in [0.2, 0.25) is 0 Å². The summed E-state index contributed by atoms with van der Waals surface area (Å²) in [5.41, 5.74) is 0. The summed E-state index contributed by atoms with van der Waals surface area (Å²) in [5, 5.41) is 6.26. The first-order valence-electron chi connectivity index (χ1n) is 16.4. The first-order chi connectivity index (χ1) is 22.3. The van der Waals surface area contributed by atoms with Crippen LogP contribution in [0.1, 0.15) is 38.5 Å².